The fourth-order valence-electron chi connectivity index (χ4n) is 3.43. The Bertz CT molecular complexity index is 1350. The van der Waals surface area contributed by atoms with E-state index in [2.05, 4.69) is 16.4 Å². The first-order valence-corrected chi connectivity index (χ1v) is 13.0. The predicted octanol–water partition coefficient (Wildman–Crippen LogP) is 4.63. The Hall–Kier alpha value is -3.35. The topological polar surface area (TPSA) is 103 Å². The second kappa shape index (κ2) is 9.25. The van der Waals surface area contributed by atoms with E-state index in [-0.39, 0.29) is 16.0 Å². The zero-order valence-electron chi connectivity index (χ0n) is 18.1. The number of para-hydroxylation sites is 1. The first kappa shape index (κ1) is 22.8. The minimum absolute atomic E-state index is 0.0466. The molecule has 2 aromatic carbocycles. The summed E-state index contributed by atoms with van der Waals surface area (Å²) in [4.78, 5) is 17.7. The Morgan fingerprint density at radius 1 is 1.15 bits per heavy atom. The smallest absolute Gasteiger partial charge is 0.264 e. The number of anilines is 2. The van der Waals surface area contributed by atoms with Gasteiger partial charge in [0, 0.05) is 24.3 Å². The molecule has 168 valence electrons. The fraction of sp³-hybridized carbons (Fsp3) is 0.208. The standard InChI is InChI=1S/C24H22N4O3S2/c1-28(18-8-4-3-5-9-18)33(30,31)19-10-6-7-17(13-19)26-23(29)20-14-22(16-11-12-16)27-24(32-2)21(20)15-25/h3-10,13-14,16H,11-12H2,1-2H3,(H,26,29). The number of aromatic nitrogens is 1. The van der Waals surface area contributed by atoms with Gasteiger partial charge in [0.25, 0.3) is 15.9 Å². The summed E-state index contributed by atoms with van der Waals surface area (Å²) < 4.78 is 27.4. The molecular weight excluding hydrogens is 456 g/mol. The summed E-state index contributed by atoms with van der Waals surface area (Å²) in [7, 11) is -2.35. The van der Waals surface area contributed by atoms with Crippen molar-refractivity contribution in [3.63, 3.8) is 0 Å². The van der Waals surface area contributed by atoms with Gasteiger partial charge in [-0.2, -0.15) is 5.26 Å². The number of rotatable bonds is 7. The van der Waals surface area contributed by atoms with E-state index in [0.29, 0.717) is 22.3 Å². The molecule has 1 amide bonds. The highest BCUT2D eigenvalue weighted by atomic mass is 32.2. The largest absolute Gasteiger partial charge is 0.322 e. The molecule has 1 aliphatic rings. The van der Waals surface area contributed by atoms with Crippen LogP contribution in [0, 0.1) is 11.3 Å². The Labute approximate surface area is 197 Å². The lowest BCUT2D eigenvalue weighted by molar-refractivity contribution is 0.102. The van der Waals surface area contributed by atoms with Gasteiger partial charge in [0.05, 0.1) is 21.7 Å². The van der Waals surface area contributed by atoms with Crippen LogP contribution in [0.1, 0.15) is 40.4 Å². The van der Waals surface area contributed by atoms with Gasteiger partial charge in [-0.3, -0.25) is 9.10 Å². The Kier molecular flexibility index (Phi) is 6.40. The predicted molar refractivity (Wildman–Crippen MR) is 129 cm³/mol. The van der Waals surface area contributed by atoms with Gasteiger partial charge in [0.1, 0.15) is 11.1 Å². The molecular formula is C24H22N4O3S2. The normalized spacial score (nSPS) is 13.2. The number of carbonyl (C=O) groups excluding carboxylic acids is 1. The summed E-state index contributed by atoms with van der Waals surface area (Å²) in [5.74, 6) is -0.158. The molecule has 1 aliphatic carbocycles. The van der Waals surface area contributed by atoms with Crippen molar-refractivity contribution in [2.45, 2.75) is 28.7 Å². The number of nitriles is 1. The highest BCUT2D eigenvalue weighted by molar-refractivity contribution is 7.98. The van der Waals surface area contributed by atoms with Gasteiger partial charge in [-0.15, -0.1) is 11.8 Å². The maximum absolute atomic E-state index is 13.1. The SMILES string of the molecule is CSc1nc(C2CC2)cc(C(=O)Nc2cccc(S(=O)(=O)N(C)c3ccccc3)c2)c1C#N. The number of sulfonamides is 1. The van der Waals surface area contributed by atoms with E-state index in [1.54, 1.807) is 42.5 Å². The second-order valence-corrected chi connectivity index (χ2v) is 10.4. The van der Waals surface area contributed by atoms with Gasteiger partial charge in [-0.1, -0.05) is 24.3 Å². The van der Waals surface area contributed by atoms with Crippen LogP contribution in [-0.2, 0) is 10.0 Å². The van der Waals surface area contributed by atoms with Gasteiger partial charge in [0.2, 0.25) is 0 Å². The van der Waals surface area contributed by atoms with Crippen LogP contribution in [0.2, 0.25) is 0 Å². The Morgan fingerprint density at radius 2 is 1.88 bits per heavy atom. The Morgan fingerprint density at radius 3 is 2.52 bits per heavy atom. The summed E-state index contributed by atoms with van der Waals surface area (Å²) in [6.45, 7) is 0. The number of nitrogens with one attached hydrogen (secondary N) is 1. The molecule has 4 rings (SSSR count). The van der Waals surface area contributed by atoms with Gasteiger partial charge >= 0.3 is 0 Å². The van der Waals surface area contributed by atoms with E-state index in [1.807, 2.05) is 12.3 Å². The van der Waals surface area contributed by atoms with Crippen LogP contribution in [-0.4, -0.2) is 32.6 Å². The van der Waals surface area contributed by atoms with E-state index in [0.717, 1.165) is 18.5 Å². The van der Waals surface area contributed by atoms with Crippen LogP contribution >= 0.6 is 11.8 Å². The third kappa shape index (κ3) is 4.72. The number of thioether (sulfide) groups is 1. The molecule has 0 aliphatic heterocycles. The van der Waals surface area contributed by atoms with Crippen LogP contribution in [0.4, 0.5) is 11.4 Å². The van der Waals surface area contributed by atoms with Crippen LogP contribution in [0.25, 0.3) is 0 Å². The Balaban J connectivity index is 1.64. The number of pyridine rings is 1. The van der Waals surface area contributed by atoms with Gasteiger partial charge in [0.15, 0.2) is 0 Å². The highest BCUT2D eigenvalue weighted by Gasteiger charge is 2.29. The molecule has 0 spiro atoms. The minimum Gasteiger partial charge on any atom is -0.322 e. The van der Waals surface area contributed by atoms with Crippen LogP contribution < -0.4 is 9.62 Å². The van der Waals surface area contributed by atoms with Crippen LogP contribution in [0.5, 0.6) is 0 Å². The molecule has 7 nitrogen and oxygen atoms in total. The molecule has 0 saturated heterocycles. The molecule has 33 heavy (non-hydrogen) atoms. The molecule has 1 heterocycles. The summed E-state index contributed by atoms with van der Waals surface area (Å²) in [5.41, 5.74) is 2.12. The molecule has 0 atom stereocenters. The third-order valence-corrected chi connectivity index (χ3v) is 7.89. The van der Waals surface area contributed by atoms with Gasteiger partial charge in [-0.05, 0) is 55.5 Å². The summed E-state index contributed by atoms with van der Waals surface area (Å²) in [6.07, 6.45) is 3.85. The van der Waals surface area contributed by atoms with Crippen molar-refractivity contribution in [2.75, 3.05) is 22.9 Å². The van der Waals surface area contributed by atoms with Gasteiger partial charge < -0.3 is 5.32 Å². The van der Waals surface area contributed by atoms with Crippen molar-refractivity contribution in [1.82, 2.24) is 4.98 Å². The fourth-order valence-corrected chi connectivity index (χ4v) is 5.23. The maximum atomic E-state index is 13.1. The highest BCUT2D eigenvalue weighted by Crippen LogP contribution is 2.40. The quantitative estimate of drug-likeness (QED) is 0.497. The van der Waals surface area contributed by atoms with E-state index in [9.17, 15) is 18.5 Å². The lowest BCUT2D eigenvalue weighted by Gasteiger charge is -2.20. The second-order valence-electron chi connectivity index (χ2n) is 7.66. The summed E-state index contributed by atoms with van der Waals surface area (Å²) >= 11 is 1.33. The molecule has 9 heteroatoms. The van der Waals surface area contributed by atoms with E-state index < -0.39 is 15.9 Å². The van der Waals surface area contributed by atoms with Crippen molar-refractivity contribution in [1.29, 1.82) is 5.26 Å². The molecule has 0 bridgehead atoms. The number of nitrogens with zero attached hydrogens (tertiary/aromatic N) is 3. The van der Waals surface area contributed by atoms with Crippen LogP contribution in [0.15, 0.2) is 70.6 Å². The lowest BCUT2D eigenvalue weighted by Crippen LogP contribution is -2.26. The molecule has 1 aromatic heterocycles. The molecule has 3 aromatic rings. The first-order chi connectivity index (χ1) is 15.8. The minimum atomic E-state index is -3.83. The van der Waals surface area contributed by atoms with Crippen molar-refractivity contribution in [2.24, 2.45) is 0 Å². The average Bonchev–Trinajstić information content (AvgIpc) is 3.69. The molecule has 0 radical (unpaired) electrons. The number of carbonyl (C=O) groups is 1. The monoisotopic (exact) mass is 478 g/mol. The van der Waals surface area contributed by atoms with Crippen molar-refractivity contribution in [3.05, 3.63) is 77.5 Å². The van der Waals surface area contributed by atoms with E-state index in [4.69, 9.17) is 0 Å². The zero-order chi connectivity index (χ0) is 23.6. The van der Waals surface area contributed by atoms with E-state index >= 15 is 0 Å². The van der Waals surface area contributed by atoms with Crippen LogP contribution in [0.3, 0.4) is 0 Å². The number of benzene rings is 2. The average molecular weight is 479 g/mol. The summed E-state index contributed by atoms with van der Waals surface area (Å²) in [5, 5.41) is 12.9. The molecule has 1 fully saturated rings. The zero-order valence-corrected chi connectivity index (χ0v) is 19.8. The lowest BCUT2D eigenvalue weighted by atomic mass is 10.1. The summed E-state index contributed by atoms with van der Waals surface area (Å²) in [6, 6.07) is 18.6. The number of hydrogen-bond donors (Lipinski definition) is 1. The molecule has 1 saturated carbocycles. The maximum Gasteiger partial charge on any atom is 0.264 e. The third-order valence-electron chi connectivity index (χ3n) is 5.42. The van der Waals surface area contributed by atoms with Gasteiger partial charge in [-0.25, -0.2) is 13.4 Å². The van der Waals surface area contributed by atoms with E-state index in [1.165, 1.54) is 35.2 Å². The van der Waals surface area contributed by atoms with Crippen molar-refractivity contribution in [3.8, 4) is 6.07 Å². The number of hydrogen-bond acceptors (Lipinski definition) is 6. The molecule has 1 N–H and O–H groups in total. The van der Waals surface area contributed by atoms with Crippen molar-refractivity contribution < 1.29 is 13.2 Å². The molecule has 0 unspecified atom stereocenters. The first-order valence-electron chi connectivity index (χ1n) is 10.3. The van der Waals surface area contributed by atoms with Crippen molar-refractivity contribution >= 4 is 39.1 Å². The number of amides is 1.